The van der Waals surface area contributed by atoms with Crippen molar-refractivity contribution < 1.29 is 9.53 Å². The summed E-state index contributed by atoms with van der Waals surface area (Å²) in [6, 6.07) is 10.4. The van der Waals surface area contributed by atoms with Gasteiger partial charge in [0.05, 0.1) is 6.10 Å². The molecule has 2 saturated heterocycles. The number of urea groups is 1. The SMILES string of the molecule is COC1CC2CCC(C1)N2C(=O)Nc1ccccc1. The van der Waals surface area contributed by atoms with Crippen LogP contribution in [0.1, 0.15) is 25.7 Å². The maximum absolute atomic E-state index is 12.4. The van der Waals surface area contributed by atoms with Crippen molar-refractivity contribution >= 4 is 11.7 Å². The molecule has 4 heteroatoms. The van der Waals surface area contributed by atoms with Gasteiger partial charge in [-0.1, -0.05) is 18.2 Å². The molecule has 0 spiro atoms. The van der Waals surface area contributed by atoms with Crippen molar-refractivity contribution in [3.05, 3.63) is 30.3 Å². The van der Waals surface area contributed by atoms with Crippen LogP contribution in [0.4, 0.5) is 10.5 Å². The molecule has 102 valence electrons. The summed E-state index contributed by atoms with van der Waals surface area (Å²) in [4.78, 5) is 14.4. The minimum atomic E-state index is 0.0354. The van der Waals surface area contributed by atoms with E-state index in [1.165, 1.54) is 0 Å². The number of benzene rings is 1. The predicted octanol–water partition coefficient (Wildman–Crippen LogP) is 2.86. The summed E-state index contributed by atoms with van der Waals surface area (Å²) < 4.78 is 5.46. The molecule has 2 unspecified atom stereocenters. The first-order valence-electron chi connectivity index (χ1n) is 6.95. The highest BCUT2D eigenvalue weighted by molar-refractivity contribution is 5.90. The predicted molar refractivity (Wildman–Crippen MR) is 74.1 cm³/mol. The third-order valence-electron chi connectivity index (χ3n) is 4.28. The van der Waals surface area contributed by atoms with Gasteiger partial charge >= 0.3 is 6.03 Å². The summed E-state index contributed by atoms with van der Waals surface area (Å²) in [5.41, 5.74) is 0.862. The summed E-state index contributed by atoms with van der Waals surface area (Å²) in [5, 5.41) is 2.99. The summed E-state index contributed by atoms with van der Waals surface area (Å²) in [6.07, 6.45) is 4.46. The number of fused-ring (bicyclic) bond motifs is 2. The lowest BCUT2D eigenvalue weighted by atomic mass is 10.0. The normalized spacial score (nSPS) is 29.3. The highest BCUT2D eigenvalue weighted by atomic mass is 16.5. The zero-order chi connectivity index (χ0) is 13.2. The van der Waals surface area contributed by atoms with Crippen molar-refractivity contribution in [1.82, 2.24) is 4.90 Å². The molecule has 1 aromatic carbocycles. The van der Waals surface area contributed by atoms with Crippen molar-refractivity contribution in [2.45, 2.75) is 43.9 Å². The number of carbonyl (C=O) groups excluding carboxylic acids is 1. The Bertz CT molecular complexity index is 435. The second-order valence-corrected chi connectivity index (χ2v) is 5.42. The maximum Gasteiger partial charge on any atom is 0.322 e. The van der Waals surface area contributed by atoms with Crippen LogP contribution in [-0.4, -0.2) is 36.2 Å². The molecule has 2 heterocycles. The molecule has 2 aliphatic rings. The fourth-order valence-electron chi connectivity index (χ4n) is 3.36. The molecule has 2 atom stereocenters. The summed E-state index contributed by atoms with van der Waals surface area (Å²) in [7, 11) is 1.77. The third-order valence-corrected chi connectivity index (χ3v) is 4.28. The van der Waals surface area contributed by atoms with Crippen molar-refractivity contribution in [3.8, 4) is 0 Å². The highest BCUT2D eigenvalue weighted by Gasteiger charge is 2.43. The Kier molecular flexibility index (Phi) is 3.42. The number of nitrogens with one attached hydrogen (secondary N) is 1. The number of methoxy groups -OCH3 is 1. The van der Waals surface area contributed by atoms with Crippen LogP contribution in [0, 0.1) is 0 Å². The number of hydrogen-bond donors (Lipinski definition) is 1. The zero-order valence-corrected chi connectivity index (χ0v) is 11.2. The minimum absolute atomic E-state index is 0.0354. The lowest BCUT2D eigenvalue weighted by Gasteiger charge is -2.38. The molecular formula is C15H20N2O2. The molecule has 19 heavy (non-hydrogen) atoms. The molecule has 1 aromatic rings. The van der Waals surface area contributed by atoms with Gasteiger partial charge in [0, 0.05) is 24.9 Å². The van der Waals surface area contributed by atoms with Crippen molar-refractivity contribution in [1.29, 1.82) is 0 Å². The maximum atomic E-state index is 12.4. The van der Waals surface area contributed by atoms with Crippen LogP contribution in [-0.2, 0) is 4.74 Å². The number of rotatable bonds is 2. The van der Waals surface area contributed by atoms with Crippen molar-refractivity contribution in [2.75, 3.05) is 12.4 Å². The van der Waals surface area contributed by atoms with Gasteiger partial charge in [0.25, 0.3) is 0 Å². The number of anilines is 1. The largest absolute Gasteiger partial charge is 0.381 e. The van der Waals surface area contributed by atoms with E-state index in [1.54, 1.807) is 7.11 Å². The van der Waals surface area contributed by atoms with Gasteiger partial charge in [-0.3, -0.25) is 0 Å². The van der Waals surface area contributed by atoms with Gasteiger partial charge in [-0.05, 0) is 37.8 Å². The van der Waals surface area contributed by atoms with Crippen LogP contribution < -0.4 is 5.32 Å². The second-order valence-electron chi connectivity index (χ2n) is 5.42. The average Bonchev–Trinajstić information content (AvgIpc) is 2.71. The number of piperidine rings is 1. The summed E-state index contributed by atoms with van der Waals surface area (Å²) >= 11 is 0. The molecule has 0 saturated carbocycles. The third kappa shape index (κ3) is 2.45. The molecule has 1 N–H and O–H groups in total. The number of amides is 2. The molecule has 0 aromatic heterocycles. The number of hydrogen-bond acceptors (Lipinski definition) is 2. The van der Waals surface area contributed by atoms with Gasteiger partial charge in [0.2, 0.25) is 0 Å². The van der Waals surface area contributed by atoms with E-state index < -0.39 is 0 Å². The Morgan fingerprint density at radius 3 is 2.42 bits per heavy atom. The van der Waals surface area contributed by atoms with Gasteiger partial charge < -0.3 is 15.0 Å². The van der Waals surface area contributed by atoms with E-state index in [-0.39, 0.29) is 6.03 Å². The lowest BCUT2D eigenvalue weighted by Crippen LogP contribution is -2.50. The van der Waals surface area contributed by atoms with Crippen LogP contribution in [0.3, 0.4) is 0 Å². The first-order valence-corrected chi connectivity index (χ1v) is 6.95. The van der Waals surface area contributed by atoms with Crippen LogP contribution in [0.15, 0.2) is 30.3 Å². The Labute approximate surface area is 113 Å². The lowest BCUT2D eigenvalue weighted by molar-refractivity contribution is 0.0232. The van der Waals surface area contributed by atoms with Crippen molar-refractivity contribution in [2.24, 2.45) is 0 Å². The van der Waals surface area contributed by atoms with E-state index in [0.717, 1.165) is 31.4 Å². The molecular weight excluding hydrogens is 240 g/mol. The second kappa shape index (κ2) is 5.21. The molecule has 2 aliphatic heterocycles. The van der Waals surface area contributed by atoms with Crippen LogP contribution in [0.25, 0.3) is 0 Å². The fourth-order valence-corrected chi connectivity index (χ4v) is 3.36. The van der Waals surface area contributed by atoms with Gasteiger partial charge in [0.1, 0.15) is 0 Å². The highest BCUT2D eigenvalue weighted by Crippen LogP contribution is 2.37. The molecule has 0 radical (unpaired) electrons. The van der Waals surface area contributed by atoms with Gasteiger partial charge in [-0.15, -0.1) is 0 Å². The average molecular weight is 260 g/mol. The molecule has 0 aliphatic carbocycles. The Morgan fingerprint density at radius 2 is 1.84 bits per heavy atom. The standard InChI is InChI=1S/C15H20N2O2/c1-19-14-9-12-7-8-13(10-14)17(12)15(18)16-11-5-3-2-4-6-11/h2-6,12-14H,7-10H2,1H3,(H,16,18). The van der Waals surface area contributed by atoms with Gasteiger partial charge in [-0.2, -0.15) is 0 Å². The van der Waals surface area contributed by atoms with Crippen molar-refractivity contribution in [3.63, 3.8) is 0 Å². The number of ether oxygens (including phenoxy) is 1. The van der Waals surface area contributed by atoms with Gasteiger partial charge in [0.15, 0.2) is 0 Å². The molecule has 3 rings (SSSR count). The Balaban J connectivity index is 1.68. The smallest absolute Gasteiger partial charge is 0.322 e. The number of para-hydroxylation sites is 1. The molecule has 2 bridgehead atoms. The number of nitrogens with zero attached hydrogens (tertiary/aromatic N) is 1. The molecule has 4 nitrogen and oxygen atoms in total. The fraction of sp³-hybridized carbons (Fsp3) is 0.533. The van der Waals surface area contributed by atoms with E-state index in [1.807, 2.05) is 35.2 Å². The quantitative estimate of drug-likeness (QED) is 0.888. The van der Waals surface area contributed by atoms with Gasteiger partial charge in [-0.25, -0.2) is 4.79 Å². The van der Waals surface area contributed by atoms with E-state index in [4.69, 9.17) is 4.74 Å². The first kappa shape index (κ1) is 12.5. The topological polar surface area (TPSA) is 41.6 Å². The van der Waals surface area contributed by atoms with E-state index in [0.29, 0.717) is 18.2 Å². The zero-order valence-electron chi connectivity index (χ0n) is 11.2. The summed E-state index contributed by atoms with van der Waals surface area (Å²) in [6.45, 7) is 0. The van der Waals surface area contributed by atoms with E-state index >= 15 is 0 Å². The number of carbonyl (C=O) groups is 1. The van der Waals surface area contributed by atoms with E-state index in [2.05, 4.69) is 5.32 Å². The minimum Gasteiger partial charge on any atom is -0.381 e. The Hall–Kier alpha value is -1.55. The molecule has 2 amide bonds. The van der Waals surface area contributed by atoms with E-state index in [9.17, 15) is 4.79 Å². The Morgan fingerprint density at radius 1 is 1.21 bits per heavy atom. The van der Waals surface area contributed by atoms with Crippen LogP contribution in [0.2, 0.25) is 0 Å². The monoisotopic (exact) mass is 260 g/mol. The van der Waals surface area contributed by atoms with Crippen LogP contribution in [0.5, 0.6) is 0 Å². The van der Waals surface area contributed by atoms with Crippen LogP contribution >= 0.6 is 0 Å². The summed E-state index contributed by atoms with van der Waals surface area (Å²) in [5.74, 6) is 0. The first-order chi connectivity index (χ1) is 9.28. The molecule has 2 fully saturated rings.